The highest BCUT2D eigenvalue weighted by molar-refractivity contribution is 5.93. The molecule has 1 fully saturated rings. The molecule has 0 aliphatic heterocycles. The standard InChI is InChI=1S/C18H22FN3O3/c1-20-6-3-7-21(2)16-9-15-12(8-14(16)19)17(23)13(18(24)25)10-22(15)11-4-5-11/h8-11,20H,3-7H2,1-2H3,(H,24,25). The van der Waals surface area contributed by atoms with Gasteiger partial charge in [0.1, 0.15) is 11.4 Å². The van der Waals surface area contributed by atoms with Crippen molar-refractivity contribution >= 4 is 22.6 Å². The fourth-order valence-electron chi connectivity index (χ4n) is 3.07. The van der Waals surface area contributed by atoms with E-state index in [4.69, 9.17) is 0 Å². The second-order valence-electron chi connectivity index (χ2n) is 6.51. The van der Waals surface area contributed by atoms with E-state index in [1.54, 1.807) is 6.07 Å². The Hall–Kier alpha value is -2.41. The number of nitrogens with zero attached hydrogens (tertiary/aromatic N) is 2. The molecule has 1 aliphatic rings. The number of pyridine rings is 1. The zero-order valence-corrected chi connectivity index (χ0v) is 14.4. The quantitative estimate of drug-likeness (QED) is 0.751. The van der Waals surface area contributed by atoms with Gasteiger partial charge in [0.15, 0.2) is 0 Å². The number of fused-ring (bicyclic) bond motifs is 1. The molecule has 0 atom stereocenters. The zero-order chi connectivity index (χ0) is 18.1. The van der Waals surface area contributed by atoms with Crippen molar-refractivity contribution in [2.45, 2.75) is 25.3 Å². The Balaban J connectivity index is 2.12. The highest BCUT2D eigenvalue weighted by Gasteiger charge is 2.27. The summed E-state index contributed by atoms with van der Waals surface area (Å²) in [6.45, 7) is 1.50. The number of carboxylic acid groups (broad SMARTS) is 1. The fraction of sp³-hybridized carbons (Fsp3) is 0.444. The molecule has 25 heavy (non-hydrogen) atoms. The normalized spacial score (nSPS) is 14.0. The van der Waals surface area contributed by atoms with Gasteiger partial charge in [0.05, 0.1) is 11.2 Å². The lowest BCUT2D eigenvalue weighted by atomic mass is 10.1. The van der Waals surface area contributed by atoms with Gasteiger partial charge in [-0.25, -0.2) is 9.18 Å². The van der Waals surface area contributed by atoms with Crippen LogP contribution in [0.1, 0.15) is 35.7 Å². The average molecular weight is 347 g/mol. The van der Waals surface area contributed by atoms with Crippen molar-refractivity contribution < 1.29 is 14.3 Å². The van der Waals surface area contributed by atoms with E-state index in [2.05, 4.69) is 5.32 Å². The first-order valence-electron chi connectivity index (χ1n) is 8.41. The largest absolute Gasteiger partial charge is 0.477 e. The second kappa shape index (κ2) is 6.84. The van der Waals surface area contributed by atoms with Crippen LogP contribution in [0.5, 0.6) is 0 Å². The number of nitrogens with one attached hydrogen (secondary N) is 1. The van der Waals surface area contributed by atoms with Crippen molar-refractivity contribution in [3.8, 4) is 0 Å². The van der Waals surface area contributed by atoms with Gasteiger partial charge in [-0.15, -0.1) is 0 Å². The maximum Gasteiger partial charge on any atom is 0.341 e. The maximum atomic E-state index is 14.6. The third-order valence-electron chi connectivity index (χ3n) is 4.60. The molecule has 134 valence electrons. The van der Waals surface area contributed by atoms with Gasteiger partial charge in [0.25, 0.3) is 0 Å². The molecule has 1 heterocycles. The van der Waals surface area contributed by atoms with Crippen molar-refractivity contribution in [3.05, 3.63) is 39.9 Å². The van der Waals surface area contributed by atoms with Gasteiger partial charge in [-0.2, -0.15) is 0 Å². The summed E-state index contributed by atoms with van der Waals surface area (Å²) in [5, 5.41) is 12.4. The summed E-state index contributed by atoms with van der Waals surface area (Å²) in [5.74, 6) is -1.79. The van der Waals surface area contributed by atoms with E-state index in [0.717, 1.165) is 25.8 Å². The lowest BCUT2D eigenvalue weighted by Gasteiger charge is -2.21. The van der Waals surface area contributed by atoms with E-state index in [9.17, 15) is 19.1 Å². The van der Waals surface area contributed by atoms with Crippen molar-refractivity contribution in [3.63, 3.8) is 0 Å². The molecular formula is C18H22FN3O3. The Morgan fingerprint density at radius 3 is 2.76 bits per heavy atom. The summed E-state index contributed by atoms with van der Waals surface area (Å²) in [4.78, 5) is 25.6. The van der Waals surface area contributed by atoms with Crippen LogP contribution in [-0.2, 0) is 0 Å². The minimum absolute atomic E-state index is 0.122. The summed E-state index contributed by atoms with van der Waals surface area (Å²) in [6.07, 6.45) is 4.12. The Bertz CT molecular complexity index is 874. The lowest BCUT2D eigenvalue weighted by molar-refractivity contribution is 0.0695. The number of hydrogen-bond donors (Lipinski definition) is 2. The van der Waals surface area contributed by atoms with Crippen LogP contribution >= 0.6 is 0 Å². The van der Waals surface area contributed by atoms with Crippen LogP contribution in [0.15, 0.2) is 23.1 Å². The number of halogens is 1. The van der Waals surface area contributed by atoms with Gasteiger partial charge in [0.2, 0.25) is 5.43 Å². The highest BCUT2D eigenvalue weighted by Crippen LogP contribution is 2.38. The van der Waals surface area contributed by atoms with E-state index in [-0.39, 0.29) is 17.0 Å². The number of rotatable bonds is 7. The number of carboxylic acids is 1. The molecule has 1 aromatic carbocycles. The third-order valence-corrected chi connectivity index (χ3v) is 4.60. The first kappa shape index (κ1) is 17.4. The van der Waals surface area contributed by atoms with E-state index < -0.39 is 17.2 Å². The van der Waals surface area contributed by atoms with Gasteiger partial charge in [-0.05, 0) is 45.0 Å². The van der Waals surface area contributed by atoms with Gasteiger partial charge < -0.3 is 19.9 Å². The third kappa shape index (κ3) is 3.37. The molecule has 0 bridgehead atoms. The highest BCUT2D eigenvalue weighted by atomic mass is 19.1. The summed E-state index contributed by atoms with van der Waals surface area (Å²) >= 11 is 0. The molecule has 2 aromatic rings. The van der Waals surface area contributed by atoms with Crippen LogP contribution in [0.2, 0.25) is 0 Å². The molecular weight excluding hydrogens is 325 g/mol. The van der Waals surface area contributed by atoms with Crippen molar-refractivity contribution in [1.29, 1.82) is 0 Å². The van der Waals surface area contributed by atoms with E-state index >= 15 is 0 Å². The maximum absolute atomic E-state index is 14.6. The van der Waals surface area contributed by atoms with Gasteiger partial charge in [0, 0.05) is 31.2 Å². The van der Waals surface area contributed by atoms with Crippen LogP contribution in [-0.4, -0.2) is 42.8 Å². The van der Waals surface area contributed by atoms with Gasteiger partial charge in [-0.1, -0.05) is 0 Å². The van der Waals surface area contributed by atoms with Crippen LogP contribution in [0, 0.1) is 5.82 Å². The van der Waals surface area contributed by atoms with Crippen LogP contribution in [0.3, 0.4) is 0 Å². The van der Waals surface area contributed by atoms with Crippen molar-refractivity contribution in [2.24, 2.45) is 0 Å². The number of aromatic carboxylic acids is 1. The van der Waals surface area contributed by atoms with Crippen LogP contribution in [0.25, 0.3) is 10.9 Å². The Kier molecular flexibility index (Phi) is 4.76. The molecule has 1 saturated carbocycles. The summed E-state index contributed by atoms with van der Waals surface area (Å²) < 4.78 is 16.4. The SMILES string of the molecule is CNCCCN(C)c1cc2c(cc1F)c(=O)c(C(=O)O)cn2C1CC1. The Labute approximate surface area is 144 Å². The minimum Gasteiger partial charge on any atom is -0.477 e. The van der Waals surface area contributed by atoms with Crippen molar-refractivity contribution in [1.82, 2.24) is 9.88 Å². The molecule has 0 amide bonds. The number of anilines is 1. The molecule has 0 radical (unpaired) electrons. The number of benzene rings is 1. The van der Waals surface area contributed by atoms with Crippen LogP contribution < -0.4 is 15.6 Å². The number of hydrogen-bond acceptors (Lipinski definition) is 4. The first-order valence-corrected chi connectivity index (χ1v) is 8.41. The zero-order valence-electron chi connectivity index (χ0n) is 14.4. The monoisotopic (exact) mass is 347 g/mol. The number of carbonyl (C=O) groups is 1. The van der Waals surface area contributed by atoms with E-state index in [1.807, 2.05) is 23.6 Å². The van der Waals surface area contributed by atoms with Gasteiger partial charge in [-0.3, -0.25) is 4.79 Å². The summed E-state index contributed by atoms with van der Waals surface area (Å²) in [7, 11) is 3.68. The van der Waals surface area contributed by atoms with Crippen LogP contribution in [0.4, 0.5) is 10.1 Å². The molecule has 1 aromatic heterocycles. The van der Waals surface area contributed by atoms with E-state index in [1.165, 1.54) is 12.3 Å². The summed E-state index contributed by atoms with van der Waals surface area (Å²) in [6, 6.07) is 3.01. The van der Waals surface area contributed by atoms with E-state index in [0.29, 0.717) is 17.7 Å². The Morgan fingerprint density at radius 2 is 2.16 bits per heavy atom. The van der Waals surface area contributed by atoms with Gasteiger partial charge >= 0.3 is 5.97 Å². The van der Waals surface area contributed by atoms with Crippen molar-refractivity contribution in [2.75, 3.05) is 32.1 Å². The molecule has 3 rings (SSSR count). The lowest BCUT2D eigenvalue weighted by Crippen LogP contribution is -2.24. The second-order valence-corrected chi connectivity index (χ2v) is 6.51. The predicted octanol–water partition coefficient (Wildman–Crippen LogP) is 2.22. The topological polar surface area (TPSA) is 74.6 Å². The fourth-order valence-corrected chi connectivity index (χ4v) is 3.07. The average Bonchev–Trinajstić information content (AvgIpc) is 3.40. The Morgan fingerprint density at radius 1 is 1.44 bits per heavy atom. The molecule has 0 saturated heterocycles. The minimum atomic E-state index is -1.28. The molecule has 0 spiro atoms. The smallest absolute Gasteiger partial charge is 0.341 e. The molecule has 7 heteroatoms. The molecule has 0 unspecified atom stereocenters. The molecule has 2 N–H and O–H groups in total. The summed E-state index contributed by atoms with van der Waals surface area (Å²) in [5.41, 5.74) is 0.0615. The predicted molar refractivity (Wildman–Crippen MR) is 95.2 cm³/mol. The molecule has 6 nitrogen and oxygen atoms in total. The molecule has 1 aliphatic carbocycles. The first-order chi connectivity index (χ1) is 11.9. The number of aromatic nitrogens is 1.